The van der Waals surface area contributed by atoms with E-state index in [2.05, 4.69) is 23.5 Å². The predicted octanol–water partition coefficient (Wildman–Crippen LogP) is 1.98. The van der Waals surface area contributed by atoms with Crippen molar-refractivity contribution in [3.63, 3.8) is 0 Å². The lowest BCUT2D eigenvalue weighted by atomic mass is 9.98. The van der Waals surface area contributed by atoms with Gasteiger partial charge in [0, 0.05) is 37.2 Å². The maximum absolute atomic E-state index is 12.5. The monoisotopic (exact) mass is 288 g/mol. The van der Waals surface area contributed by atoms with Crippen LogP contribution in [-0.2, 0) is 16.0 Å². The van der Waals surface area contributed by atoms with Gasteiger partial charge in [0.1, 0.15) is 0 Å². The number of fused-ring (bicyclic) bond motifs is 1. The van der Waals surface area contributed by atoms with Gasteiger partial charge in [0.25, 0.3) is 0 Å². The molecule has 3 rings (SSSR count). The first kappa shape index (κ1) is 14.5. The molecule has 114 valence electrons. The van der Waals surface area contributed by atoms with E-state index in [1.165, 1.54) is 5.56 Å². The van der Waals surface area contributed by atoms with Crippen molar-refractivity contribution < 1.29 is 9.53 Å². The molecule has 1 fully saturated rings. The number of hydrogen-bond donors (Lipinski definition) is 1. The average Bonchev–Trinajstić information content (AvgIpc) is 2.98. The highest BCUT2D eigenvalue weighted by Gasteiger charge is 2.30. The number of nitrogens with one attached hydrogen (secondary N) is 1. The number of carbonyl (C=O) groups is 1. The molecule has 2 atom stereocenters. The minimum Gasteiger partial charge on any atom is -0.381 e. The number of rotatable bonds is 4. The Morgan fingerprint density at radius 1 is 1.38 bits per heavy atom. The molecule has 1 N–H and O–H groups in total. The maximum Gasteiger partial charge on any atom is 0.227 e. The highest BCUT2D eigenvalue weighted by atomic mass is 16.5. The number of amides is 1. The average molecular weight is 288 g/mol. The lowest BCUT2D eigenvalue weighted by Crippen LogP contribution is -2.46. The van der Waals surface area contributed by atoms with Gasteiger partial charge in [0.05, 0.1) is 6.61 Å². The third-order valence-corrected chi connectivity index (χ3v) is 4.70. The number of likely N-dealkylation sites (N-methyl/N-ethyl adjacent to an activating group) is 1. The van der Waals surface area contributed by atoms with E-state index < -0.39 is 0 Å². The number of hydrogen-bond acceptors (Lipinski definition) is 3. The molecular formula is C17H24N2O2. The predicted molar refractivity (Wildman–Crippen MR) is 83.5 cm³/mol. The van der Waals surface area contributed by atoms with Gasteiger partial charge >= 0.3 is 0 Å². The number of anilines is 1. The van der Waals surface area contributed by atoms with Crippen molar-refractivity contribution >= 4 is 11.6 Å². The van der Waals surface area contributed by atoms with Crippen molar-refractivity contribution in [3.05, 3.63) is 29.8 Å². The fourth-order valence-electron chi connectivity index (χ4n) is 3.43. The van der Waals surface area contributed by atoms with E-state index in [9.17, 15) is 4.79 Å². The zero-order chi connectivity index (χ0) is 14.7. The Labute approximate surface area is 126 Å². The molecule has 4 heteroatoms. The molecule has 0 aromatic heterocycles. The third kappa shape index (κ3) is 3.11. The van der Waals surface area contributed by atoms with E-state index in [0.717, 1.165) is 44.7 Å². The highest BCUT2D eigenvalue weighted by molar-refractivity contribution is 5.94. The summed E-state index contributed by atoms with van der Waals surface area (Å²) in [7, 11) is 1.98. The van der Waals surface area contributed by atoms with Gasteiger partial charge in [-0.2, -0.15) is 0 Å². The Morgan fingerprint density at radius 3 is 3.00 bits per heavy atom. The van der Waals surface area contributed by atoms with Gasteiger partial charge < -0.3 is 15.0 Å². The van der Waals surface area contributed by atoms with E-state index in [0.29, 0.717) is 18.4 Å². The number of para-hydroxylation sites is 1. The molecular weight excluding hydrogens is 264 g/mol. The summed E-state index contributed by atoms with van der Waals surface area (Å²) in [5, 5.41) is 3.39. The van der Waals surface area contributed by atoms with Crippen molar-refractivity contribution in [2.75, 3.05) is 31.7 Å². The van der Waals surface area contributed by atoms with Crippen LogP contribution in [0.1, 0.15) is 24.8 Å². The van der Waals surface area contributed by atoms with E-state index >= 15 is 0 Å². The van der Waals surface area contributed by atoms with E-state index in [1.807, 2.05) is 18.0 Å². The molecule has 21 heavy (non-hydrogen) atoms. The minimum atomic E-state index is 0.249. The Bertz CT molecular complexity index is 497. The Kier molecular flexibility index (Phi) is 4.56. The molecule has 1 aromatic carbocycles. The van der Waals surface area contributed by atoms with Crippen LogP contribution >= 0.6 is 0 Å². The summed E-state index contributed by atoms with van der Waals surface area (Å²) in [6, 6.07) is 8.61. The van der Waals surface area contributed by atoms with Crippen LogP contribution in [0, 0.1) is 5.92 Å². The fraction of sp³-hybridized carbons (Fsp3) is 0.588. The first-order valence-electron chi connectivity index (χ1n) is 7.93. The Morgan fingerprint density at radius 2 is 2.24 bits per heavy atom. The van der Waals surface area contributed by atoms with Gasteiger partial charge in [-0.15, -0.1) is 0 Å². The maximum atomic E-state index is 12.5. The second-order valence-electron chi connectivity index (χ2n) is 6.01. The number of ether oxygens (including phenoxy) is 1. The first-order valence-corrected chi connectivity index (χ1v) is 7.93. The molecule has 2 unspecified atom stereocenters. The van der Waals surface area contributed by atoms with E-state index in [1.54, 1.807) is 0 Å². The summed E-state index contributed by atoms with van der Waals surface area (Å²) < 4.78 is 5.51. The smallest absolute Gasteiger partial charge is 0.227 e. The highest BCUT2D eigenvalue weighted by Crippen LogP contribution is 2.28. The molecule has 4 nitrogen and oxygen atoms in total. The summed E-state index contributed by atoms with van der Waals surface area (Å²) in [5.41, 5.74) is 2.39. The van der Waals surface area contributed by atoms with Gasteiger partial charge in [-0.05, 0) is 37.9 Å². The summed E-state index contributed by atoms with van der Waals surface area (Å²) in [4.78, 5) is 14.5. The molecule has 2 heterocycles. The lowest BCUT2D eigenvalue weighted by molar-refractivity contribution is -0.118. The minimum absolute atomic E-state index is 0.249. The van der Waals surface area contributed by atoms with Crippen molar-refractivity contribution in [3.8, 4) is 0 Å². The quantitative estimate of drug-likeness (QED) is 0.921. The summed E-state index contributed by atoms with van der Waals surface area (Å²) in [6.07, 6.45) is 3.67. The summed E-state index contributed by atoms with van der Waals surface area (Å²) >= 11 is 0. The Hall–Kier alpha value is -1.39. The van der Waals surface area contributed by atoms with Crippen LogP contribution in [-0.4, -0.2) is 38.8 Å². The topological polar surface area (TPSA) is 41.6 Å². The van der Waals surface area contributed by atoms with E-state index in [-0.39, 0.29) is 5.91 Å². The third-order valence-electron chi connectivity index (χ3n) is 4.70. The number of carbonyl (C=O) groups excluding carboxylic acids is 1. The second-order valence-corrected chi connectivity index (χ2v) is 6.01. The van der Waals surface area contributed by atoms with E-state index in [4.69, 9.17) is 4.74 Å². The molecule has 0 radical (unpaired) electrons. The van der Waals surface area contributed by atoms with Gasteiger partial charge in [-0.3, -0.25) is 4.79 Å². The van der Waals surface area contributed by atoms with Crippen LogP contribution in [0.5, 0.6) is 0 Å². The van der Waals surface area contributed by atoms with Gasteiger partial charge in [0.2, 0.25) is 5.91 Å². The molecule has 0 bridgehead atoms. The molecule has 1 aromatic rings. The molecule has 2 aliphatic heterocycles. The van der Waals surface area contributed by atoms with Crippen molar-refractivity contribution in [1.29, 1.82) is 0 Å². The zero-order valence-corrected chi connectivity index (χ0v) is 12.7. The number of benzene rings is 1. The van der Waals surface area contributed by atoms with Crippen molar-refractivity contribution in [2.24, 2.45) is 5.92 Å². The lowest BCUT2D eigenvalue weighted by Gasteiger charge is -2.30. The summed E-state index contributed by atoms with van der Waals surface area (Å²) in [6.45, 7) is 2.38. The Balaban J connectivity index is 1.83. The second kappa shape index (κ2) is 6.58. The van der Waals surface area contributed by atoms with Crippen molar-refractivity contribution in [2.45, 2.75) is 31.7 Å². The largest absolute Gasteiger partial charge is 0.381 e. The van der Waals surface area contributed by atoms with Gasteiger partial charge in [0.15, 0.2) is 0 Å². The SMILES string of the molecule is CNC(CN1C(=O)CCCc2ccccc21)C1CCOC1. The number of aryl methyl sites for hydroxylation is 1. The number of nitrogens with zero attached hydrogens (tertiary/aromatic N) is 1. The molecule has 1 saturated heterocycles. The van der Waals surface area contributed by atoms with Crippen LogP contribution in [0.15, 0.2) is 24.3 Å². The molecule has 2 aliphatic rings. The molecule has 0 saturated carbocycles. The van der Waals surface area contributed by atoms with Gasteiger partial charge in [-0.1, -0.05) is 18.2 Å². The van der Waals surface area contributed by atoms with Gasteiger partial charge in [-0.25, -0.2) is 0 Å². The normalized spacial score (nSPS) is 23.8. The molecule has 1 amide bonds. The van der Waals surface area contributed by atoms with Crippen molar-refractivity contribution in [1.82, 2.24) is 5.32 Å². The fourth-order valence-corrected chi connectivity index (χ4v) is 3.43. The standard InChI is InChI=1S/C17H24N2O2/c1-18-15(14-9-10-21-12-14)11-19-16-7-3-2-5-13(16)6-4-8-17(19)20/h2-3,5,7,14-15,18H,4,6,8-12H2,1H3. The van der Waals surface area contributed by atoms with Crippen LogP contribution < -0.4 is 10.2 Å². The first-order chi connectivity index (χ1) is 10.3. The zero-order valence-electron chi connectivity index (χ0n) is 12.7. The van der Waals surface area contributed by atoms with Crippen LogP contribution in [0.2, 0.25) is 0 Å². The van der Waals surface area contributed by atoms with Crippen LogP contribution in [0.3, 0.4) is 0 Å². The summed E-state index contributed by atoms with van der Waals surface area (Å²) in [5.74, 6) is 0.748. The van der Waals surface area contributed by atoms with Crippen LogP contribution in [0.25, 0.3) is 0 Å². The molecule has 0 aliphatic carbocycles. The van der Waals surface area contributed by atoms with Crippen LogP contribution in [0.4, 0.5) is 5.69 Å². The molecule has 0 spiro atoms.